The normalized spacial score (nSPS) is 11.9. The lowest BCUT2D eigenvalue weighted by atomic mass is 10.1. The van der Waals surface area contributed by atoms with Crippen molar-refractivity contribution in [2.24, 2.45) is 5.73 Å². The van der Waals surface area contributed by atoms with Gasteiger partial charge in [-0.3, -0.25) is 4.57 Å². The predicted octanol–water partition coefficient (Wildman–Crippen LogP) is 1.18. The summed E-state index contributed by atoms with van der Waals surface area (Å²) in [6.45, 7) is 6.43. The summed E-state index contributed by atoms with van der Waals surface area (Å²) in [7, 11) is -5.80. The Morgan fingerprint density at radius 2 is 1.94 bits per heavy atom. The van der Waals surface area contributed by atoms with E-state index in [2.05, 4.69) is 31.1 Å². The van der Waals surface area contributed by atoms with Crippen LogP contribution in [0.1, 0.15) is 11.1 Å². The third-order valence-electron chi connectivity index (χ3n) is 2.20. The van der Waals surface area contributed by atoms with Crippen LogP contribution in [0.3, 0.4) is 0 Å². The van der Waals surface area contributed by atoms with Gasteiger partial charge in [0.05, 0.1) is 5.30 Å². The molecule has 4 nitrogen and oxygen atoms in total. The molecule has 0 aliphatic rings. The number of rotatable bonds is 2. The molecule has 0 spiro atoms. The second kappa shape index (κ2) is 5.39. The minimum Gasteiger partial charge on any atom is -0.326 e. The molecule has 0 unspecified atom stereocenters. The van der Waals surface area contributed by atoms with E-state index in [1.54, 1.807) is 12.1 Å². The van der Waals surface area contributed by atoms with Crippen molar-refractivity contribution in [3.8, 4) is 11.5 Å². The monoisotopic (exact) mass is 283 g/mol. The fourth-order valence-corrected chi connectivity index (χ4v) is 2.71. The maximum atomic E-state index is 11.4. The molecule has 0 fully saturated rings. The molecule has 0 atom stereocenters. The molecular weight excluding hydrogens is 265 g/mol. The summed E-state index contributed by atoms with van der Waals surface area (Å²) >= 11 is 0. The zero-order chi connectivity index (χ0) is 14.0. The fraction of sp³-hybridized carbons (Fsp3) is 0.333. The summed E-state index contributed by atoms with van der Waals surface area (Å²) < 4.78 is 11.4. The number of benzene rings is 1. The molecule has 0 radical (unpaired) electrons. The van der Waals surface area contributed by atoms with Crippen molar-refractivity contribution >= 4 is 21.0 Å². The molecular formula is C12H18NO3PSi. The molecule has 0 saturated carbocycles. The van der Waals surface area contributed by atoms with Gasteiger partial charge in [-0.1, -0.05) is 31.6 Å². The second-order valence-corrected chi connectivity index (χ2v) is 11.4. The van der Waals surface area contributed by atoms with E-state index in [-0.39, 0.29) is 11.8 Å². The van der Waals surface area contributed by atoms with Crippen molar-refractivity contribution in [1.29, 1.82) is 0 Å². The lowest BCUT2D eigenvalue weighted by molar-refractivity contribution is 0.387. The first-order valence-corrected chi connectivity index (χ1v) is 10.7. The lowest BCUT2D eigenvalue weighted by Gasteiger charge is -2.10. The minimum absolute atomic E-state index is 0.0209. The van der Waals surface area contributed by atoms with Crippen molar-refractivity contribution < 1.29 is 14.4 Å². The Bertz CT molecular complexity index is 549. The van der Waals surface area contributed by atoms with Gasteiger partial charge < -0.3 is 15.5 Å². The van der Waals surface area contributed by atoms with Gasteiger partial charge in [-0.25, -0.2) is 0 Å². The van der Waals surface area contributed by atoms with Crippen LogP contribution in [0, 0.1) is 11.5 Å². The molecule has 0 saturated heterocycles. The van der Waals surface area contributed by atoms with Gasteiger partial charge in [-0.15, -0.1) is 5.54 Å². The van der Waals surface area contributed by atoms with Crippen LogP contribution in [0.4, 0.5) is 0 Å². The van der Waals surface area contributed by atoms with E-state index in [1.165, 1.54) is 6.07 Å². The smallest absolute Gasteiger partial charge is 0.326 e. The molecule has 98 valence electrons. The summed E-state index contributed by atoms with van der Waals surface area (Å²) in [6.07, 6.45) is 0. The van der Waals surface area contributed by atoms with Crippen LogP contribution in [0.2, 0.25) is 19.6 Å². The highest BCUT2D eigenvalue weighted by Crippen LogP contribution is 2.34. The standard InChI is InChI=1S/C12H18NO3PSi/c1-18(2,3)7-6-10-4-5-11(9-13)12(8-10)17(14,15)16/h4-5,8H,9,13H2,1-3H3,(H2,14,15,16). The van der Waals surface area contributed by atoms with Gasteiger partial charge in [0.15, 0.2) is 0 Å². The largest absolute Gasteiger partial charge is 0.356 e. The van der Waals surface area contributed by atoms with Crippen LogP contribution >= 0.6 is 7.60 Å². The van der Waals surface area contributed by atoms with Crippen molar-refractivity contribution in [3.05, 3.63) is 29.3 Å². The Kier molecular flexibility index (Phi) is 4.54. The molecule has 0 aromatic heterocycles. The van der Waals surface area contributed by atoms with Crippen LogP contribution in [0.15, 0.2) is 18.2 Å². The summed E-state index contributed by atoms with van der Waals surface area (Å²) in [5.74, 6) is 2.98. The maximum absolute atomic E-state index is 11.4. The van der Waals surface area contributed by atoms with Crippen LogP contribution in [-0.2, 0) is 11.1 Å². The summed E-state index contributed by atoms with van der Waals surface area (Å²) in [6, 6.07) is 4.81. The fourth-order valence-electron chi connectivity index (χ4n) is 1.35. The minimum atomic E-state index is -4.30. The Hall–Kier alpha value is -0.893. The van der Waals surface area contributed by atoms with Gasteiger partial charge in [-0.05, 0) is 17.7 Å². The third-order valence-corrected chi connectivity index (χ3v) is 4.12. The van der Waals surface area contributed by atoms with Crippen molar-refractivity contribution in [2.45, 2.75) is 26.2 Å². The van der Waals surface area contributed by atoms with Gasteiger partial charge in [0, 0.05) is 12.1 Å². The first kappa shape index (κ1) is 15.2. The Labute approximate surface area is 108 Å². The van der Waals surface area contributed by atoms with Crippen LogP contribution in [0.5, 0.6) is 0 Å². The number of nitrogens with two attached hydrogens (primary N) is 1. The predicted molar refractivity (Wildman–Crippen MR) is 76.2 cm³/mol. The zero-order valence-corrected chi connectivity index (χ0v) is 12.7. The quantitative estimate of drug-likeness (QED) is 0.432. The van der Waals surface area contributed by atoms with E-state index in [0.717, 1.165) is 0 Å². The average molecular weight is 283 g/mol. The second-order valence-electron chi connectivity index (χ2n) is 5.09. The van der Waals surface area contributed by atoms with Crippen molar-refractivity contribution in [3.63, 3.8) is 0 Å². The molecule has 6 heteroatoms. The molecule has 18 heavy (non-hydrogen) atoms. The van der Waals surface area contributed by atoms with E-state index in [0.29, 0.717) is 11.1 Å². The first-order valence-electron chi connectivity index (χ1n) is 5.56. The van der Waals surface area contributed by atoms with Gasteiger partial charge in [0.1, 0.15) is 8.07 Å². The summed E-state index contributed by atoms with van der Waals surface area (Å²) in [5, 5.41) is -0.0209. The molecule has 0 bridgehead atoms. The molecule has 4 N–H and O–H groups in total. The van der Waals surface area contributed by atoms with E-state index >= 15 is 0 Å². The lowest BCUT2D eigenvalue weighted by Crippen LogP contribution is -2.17. The molecule has 1 aromatic rings. The van der Waals surface area contributed by atoms with E-state index < -0.39 is 15.7 Å². The molecule has 1 aromatic carbocycles. The van der Waals surface area contributed by atoms with E-state index in [9.17, 15) is 14.4 Å². The van der Waals surface area contributed by atoms with Crippen molar-refractivity contribution in [2.75, 3.05) is 0 Å². The third kappa shape index (κ3) is 4.41. The highest BCUT2D eigenvalue weighted by molar-refractivity contribution is 7.60. The Morgan fingerprint density at radius 1 is 1.33 bits per heavy atom. The first-order chi connectivity index (χ1) is 8.13. The zero-order valence-electron chi connectivity index (χ0n) is 10.8. The Balaban J connectivity index is 3.27. The number of hydrogen-bond acceptors (Lipinski definition) is 2. The molecule has 0 heterocycles. The molecule has 0 aliphatic carbocycles. The van der Waals surface area contributed by atoms with Crippen LogP contribution < -0.4 is 11.0 Å². The topological polar surface area (TPSA) is 83.6 Å². The summed E-state index contributed by atoms with van der Waals surface area (Å²) in [4.78, 5) is 18.5. The number of hydrogen-bond donors (Lipinski definition) is 3. The Morgan fingerprint density at radius 3 is 2.39 bits per heavy atom. The van der Waals surface area contributed by atoms with Crippen LogP contribution in [-0.4, -0.2) is 17.9 Å². The van der Waals surface area contributed by atoms with Crippen molar-refractivity contribution in [1.82, 2.24) is 0 Å². The highest BCUT2D eigenvalue weighted by Gasteiger charge is 2.21. The molecule has 1 rings (SSSR count). The maximum Gasteiger partial charge on any atom is 0.356 e. The highest BCUT2D eigenvalue weighted by atomic mass is 31.2. The molecule has 0 amide bonds. The molecule has 0 aliphatic heterocycles. The van der Waals surface area contributed by atoms with Gasteiger partial charge in [0.25, 0.3) is 0 Å². The van der Waals surface area contributed by atoms with Gasteiger partial charge >= 0.3 is 7.60 Å². The van der Waals surface area contributed by atoms with Gasteiger partial charge in [-0.2, -0.15) is 0 Å². The SMILES string of the molecule is C[Si](C)(C)C#Cc1ccc(CN)c(P(=O)(O)O)c1. The van der Waals surface area contributed by atoms with E-state index in [4.69, 9.17) is 5.73 Å². The van der Waals surface area contributed by atoms with Crippen LogP contribution in [0.25, 0.3) is 0 Å². The average Bonchev–Trinajstić information content (AvgIpc) is 2.24. The summed E-state index contributed by atoms with van der Waals surface area (Å²) in [5.41, 5.74) is 9.71. The van der Waals surface area contributed by atoms with E-state index in [1.807, 2.05) is 0 Å². The van der Waals surface area contributed by atoms with Gasteiger partial charge in [0.2, 0.25) is 0 Å².